The number of halogens is 3. The van der Waals surface area contributed by atoms with Gasteiger partial charge < -0.3 is 10.1 Å². The van der Waals surface area contributed by atoms with E-state index in [4.69, 9.17) is 4.74 Å². The minimum Gasteiger partial charge on any atom is -0.491 e. The third kappa shape index (κ3) is 4.50. The first-order chi connectivity index (χ1) is 11.2. The summed E-state index contributed by atoms with van der Waals surface area (Å²) in [5.74, 6) is -0.204. The van der Waals surface area contributed by atoms with Crippen molar-refractivity contribution < 1.29 is 22.7 Å². The SMILES string of the molecule is Cc1cccc(OCC(C)NC(=O)c2cn(C)nc2C(F)(F)F)c1. The van der Waals surface area contributed by atoms with Crippen LogP contribution >= 0.6 is 0 Å². The summed E-state index contributed by atoms with van der Waals surface area (Å²) in [4.78, 5) is 12.1. The van der Waals surface area contributed by atoms with Gasteiger partial charge in [-0.2, -0.15) is 18.3 Å². The van der Waals surface area contributed by atoms with E-state index >= 15 is 0 Å². The van der Waals surface area contributed by atoms with Crippen molar-refractivity contribution in [2.75, 3.05) is 6.61 Å². The average Bonchev–Trinajstić information content (AvgIpc) is 2.87. The monoisotopic (exact) mass is 341 g/mol. The zero-order valence-electron chi connectivity index (χ0n) is 13.5. The normalized spacial score (nSPS) is 12.8. The number of nitrogens with one attached hydrogen (secondary N) is 1. The number of benzene rings is 1. The van der Waals surface area contributed by atoms with Crippen molar-refractivity contribution in [3.05, 3.63) is 47.3 Å². The number of amides is 1. The number of hydrogen-bond acceptors (Lipinski definition) is 3. The van der Waals surface area contributed by atoms with E-state index in [2.05, 4.69) is 10.4 Å². The molecule has 5 nitrogen and oxygen atoms in total. The fourth-order valence-corrected chi connectivity index (χ4v) is 2.13. The molecule has 1 amide bonds. The summed E-state index contributed by atoms with van der Waals surface area (Å²) in [7, 11) is 1.33. The first-order valence-corrected chi connectivity index (χ1v) is 7.28. The van der Waals surface area contributed by atoms with Gasteiger partial charge in [-0.05, 0) is 31.5 Å². The van der Waals surface area contributed by atoms with Crippen LogP contribution in [0.5, 0.6) is 5.75 Å². The minimum atomic E-state index is -4.69. The molecule has 1 N–H and O–H groups in total. The number of aromatic nitrogens is 2. The van der Waals surface area contributed by atoms with Gasteiger partial charge in [-0.3, -0.25) is 9.48 Å². The van der Waals surface area contributed by atoms with Gasteiger partial charge in [-0.1, -0.05) is 12.1 Å². The molecule has 1 aromatic carbocycles. The highest BCUT2D eigenvalue weighted by atomic mass is 19.4. The van der Waals surface area contributed by atoms with E-state index in [9.17, 15) is 18.0 Å². The molecule has 0 saturated heterocycles. The van der Waals surface area contributed by atoms with Crippen molar-refractivity contribution in [1.29, 1.82) is 0 Å². The Kier molecular flexibility index (Phi) is 5.16. The zero-order valence-corrected chi connectivity index (χ0v) is 13.5. The van der Waals surface area contributed by atoms with Crippen LogP contribution in [0.4, 0.5) is 13.2 Å². The fraction of sp³-hybridized carbons (Fsp3) is 0.375. The lowest BCUT2D eigenvalue weighted by Crippen LogP contribution is -2.37. The number of rotatable bonds is 5. The van der Waals surface area contributed by atoms with Crippen LogP contribution in [-0.4, -0.2) is 28.3 Å². The lowest BCUT2D eigenvalue weighted by atomic mass is 10.2. The molecular weight excluding hydrogens is 323 g/mol. The van der Waals surface area contributed by atoms with Crippen molar-refractivity contribution in [1.82, 2.24) is 15.1 Å². The molecule has 130 valence electrons. The minimum absolute atomic E-state index is 0.136. The topological polar surface area (TPSA) is 56.1 Å². The van der Waals surface area contributed by atoms with Gasteiger partial charge in [0.2, 0.25) is 0 Å². The Bertz CT molecular complexity index is 726. The van der Waals surface area contributed by atoms with Gasteiger partial charge in [-0.25, -0.2) is 0 Å². The molecule has 0 bridgehead atoms. The molecule has 2 rings (SSSR count). The van der Waals surface area contributed by atoms with Crippen molar-refractivity contribution in [2.45, 2.75) is 26.1 Å². The average molecular weight is 341 g/mol. The van der Waals surface area contributed by atoms with Crippen LogP contribution in [-0.2, 0) is 13.2 Å². The summed E-state index contributed by atoms with van der Waals surface area (Å²) < 4.78 is 45.2. The number of hydrogen-bond donors (Lipinski definition) is 1. The van der Waals surface area contributed by atoms with Gasteiger partial charge in [0.15, 0.2) is 5.69 Å². The van der Waals surface area contributed by atoms with Crippen molar-refractivity contribution in [3.63, 3.8) is 0 Å². The molecule has 24 heavy (non-hydrogen) atoms. The summed E-state index contributed by atoms with van der Waals surface area (Å²) in [6.07, 6.45) is -3.64. The number of carbonyl (C=O) groups is 1. The maximum Gasteiger partial charge on any atom is 0.435 e. The summed E-state index contributed by atoms with van der Waals surface area (Å²) >= 11 is 0. The van der Waals surface area contributed by atoms with Crippen LogP contribution in [0.25, 0.3) is 0 Å². The summed E-state index contributed by atoms with van der Waals surface area (Å²) in [6, 6.07) is 6.87. The van der Waals surface area contributed by atoms with Gasteiger partial charge in [0.25, 0.3) is 5.91 Å². The van der Waals surface area contributed by atoms with Crippen LogP contribution in [0.3, 0.4) is 0 Å². The standard InChI is InChI=1S/C16H18F3N3O2/c1-10-5-4-6-12(7-10)24-9-11(2)20-15(23)13-8-22(3)21-14(13)16(17,18)19/h4-8,11H,9H2,1-3H3,(H,20,23). The smallest absolute Gasteiger partial charge is 0.435 e. The molecule has 1 aromatic heterocycles. The van der Waals surface area contributed by atoms with Crippen LogP contribution < -0.4 is 10.1 Å². The van der Waals surface area contributed by atoms with Gasteiger partial charge in [-0.15, -0.1) is 0 Å². The molecule has 8 heteroatoms. The molecule has 0 radical (unpaired) electrons. The molecule has 0 aliphatic carbocycles. The Hall–Kier alpha value is -2.51. The third-order valence-corrected chi connectivity index (χ3v) is 3.21. The highest BCUT2D eigenvalue weighted by Gasteiger charge is 2.39. The first kappa shape index (κ1) is 17.8. The molecule has 1 heterocycles. The van der Waals surface area contributed by atoms with Crippen LogP contribution in [0.15, 0.2) is 30.5 Å². The Morgan fingerprint density at radius 2 is 2.12 bits per heavy atom. The molecule has 0 fully saturated rings. The second-order valence-electron chi connectivity index (χ2n) is 5.56. The van der Waals surface area contributed by atoms with Crippen molar-refractivity contribution in [3.8, 4) is 5.75 Å². The molecule has 0 aliphatic rings. The summed E-state index contributed by atoms with van der Waals surface area (Å²) in [5, 5.41) is 5.80. The van der Waals surface area contributed by atoms with Gasteiger partial charge in [0.1, 0.15) is 12.4 Å². The number of alkyl halides is 3. The number of nitrogens with zero attached hydrogens (tertiary/aromatic N) is 2. The van der Waals surface area contributed by atoms with E-state index in [1.165, 1.54) is 7.05 Å². The number of aryl methyl sites for hydroxylation is 2. The molecule has 0 spiro atoms. The van der Waals surface area contributed by atoms with Gasteiger partial charge in [0.05, 0.1) is 11.6 Å². The quantitative estimate of drug-likeness (QED) is 0.910. The Morgan fingerprint density at radius 3 is 2.75 bits per heavy atom. The predicted molar refractivity (Wildman–Crippen MR) is 81.8 cm³/mol. The fourth-order valence-electron chi connectivity index (χ4n) is 2.13. The van der Waals surface area contributed by atoms with Crippen LogP contribution in [0.2, 0.25) is 0 Å². The van der Waals surface area contributed by atoms with Crippen molar-refractivity contribution >= 4 is 5.91 Å². The van der Waals surface area contributed by atoms with E-state index in [-0.39, 0.29) is 6.61 Å². The first-order valence-electron chi connectivity index (χ1n) is 7.28. The van der Waals surface area contributed by atoms with E-state index in [1.54, 1.807) is 13.0 Å². The van der Waals surface area contributed by atoms with Crippen molar-refractivity contribution in [2.24, 2.45) is 7.05 Å². The lowest BCUT2D eigenvalue weighted by molar-refractivity contribution is -0.141. The highest BCUT2D eigenvalue weighted by molar-refractivity contribution is 5.95. The molecular formula is C16H18F3N3O2. The Morgan fingerprint density at radius 1 is 1.42 bits per heavy atom. The van der Waals surface area contributed by atoms with E-state index in [0.717, 1.165) is 16.4 Å². The second-order valence-corrected chi connectivity index (χ2v) is 5.56. The van der Waals surface area contributed by atoms with Gasteiger partial charge in [0, 0.05) is 13.2 Å². The van der Waals surface area contributed by atoms with Gasteiger partial charge >= 0.3 is 6.18 Å². The third-order valence-electron chi connectivity index (χ3n) is 3.21. The highest BCUT2D eigenvalue weighted by Crippen LogP contribution is 2.30. The number of ether oxygens (including phenoxy) is 1. The maximum absolute atomic E-state index is 12.9. The van der Waals surface area contributed by atoms with E-state index in [1.807, 2.05) is 25.1 Å². The van der Waals surface area contributed by atoms with E-state index in [0.29, 0.717) is 5.75 Å². The summed E-state index contributed by atoms with van der Waals surface area (Å²) in [6.45, 7) is 3.70. The zero-order chi connectivity index (χ0) is 17.9. The maximum atomic E-state index is 12.9. The second kappa shape index (κ2) is 6.94. The predicted octanol–water partition coefficient (Wildman–Crippen LogP) is 2.94. The molecule has 1 unspecified atom stereocenters. The van der Waals surface area contributed by atoms with E-state index < -0.39 is 29.4 Å². The summed E-state index contributed by atoms with van der Waals surface area (Å²) in [5.41, 5.74) is -0.684. The number of carbonyl (C=O) groups excluding carboxylic acids is 1. The van der Waals surface area contributed by atoms with Crippen LogP contribution in [0, 0.1) is 6.92 Å². The largest absolute Gasteiger partial charge is 0.491 e. The molecule has 1 atom stereocenters. The molecule has 2 aromatic rings. The Labute approximate surface area is 137 Å². The molecule has 0 aliphatic heterocycles. The Balaban J connectivity index is 1.99. The lowest BCUT2D eigenvalue weighted by Gasteiger charge is -2.15. The van der Waals surface area contributed by atoms with Crippen LogP contribution in [0.1, 0.15) is 28.5 Å². The molecule has 0 saturated carbocycles.